The second-order valence-corrected chi connectivity index (χ2v) is 4.65. The van der Waals surface area contributed by atoms with Crippen molar-refractivity contribution in [2.45, 2.75) is 6.42 Å². The molecule has 0 heterocycles. The lowest BCUT2D eigenvalue weighted by Crippen LogP contribution is -1.90. The fourth-order valence-electron chi connectivity index (χ4n) is 1.54. The third kappa shape index (κ3) is 4.62. The molecule has 0 spiro atoms. The third-order valence-corrected chi connectivity index (χ3v) is 3.16. The first-order valence-corrected chi connectivity index (χ1v) is 6.81. The van der Waals surface area contributed by atoms with E-state index in [9.17, 15) is 4.79 Å². The minimum Gasteiger partial charge on any atom is -0.426 e. The predicted octanol–water partition coefficient (Wildman–Crippen LogP) is 3.92. The highest BCUT2D eigenvalue weighted by Crippen LogP contribution is 2.21. The molecule has 0 aromatic heterocycles. The van der Waals surface area contributed by atoms with Crippen LogP contribution in [0.4, 0.5) is 5.69 Å². The molecule has 0 fully saturated rings. The summed E-state index contributed by atoms with van der Waals surface area (Å²) in [5.74, 6) is 1.64. The fourth-order valence-corrected chi connectivity index (χ4v) is 2.19. The molecule has 0 unspecified atom stereocenters. The maximum absolute atomic E-state index is 10.1. The van der Waals surface area contributed by atoms with Crippen LogP contribution < -0.4 is 4.18 Å². The average Bonchev–Trinajstić information content (AvgIpc) is 2.47. The van der Waals surface area contributed by atoms with Gasteiger partial charge >= 0.3 is 0 Å². The summed E-state index contributed by atoms with van der Waals surface area (Å²) in [6.07, 6.45) is 2.47. The van der Waals surface area contributed by atoms with Crippen LogP contribution in [0.25, 0.3) is 0 Å². The van der Waals surface area contributed by atoms with Crippen LogP contribution >= 0.6 is 12.0 Å². The van der Waals surface area contributed by atoms with E-state index in [0.29, 0.717) is 5.69 Å². The van der Waals surface area contributed by atoms with Crippen molar-refractivity contribution in [2.75, 3.05) is 5.75 Å². The molecule has 0 aliphatic carbocycles. The number of rotatable bonds is 6. The lowest BCUT2D eigenvalue weighted by molar-refractivity contribution is 0.565. The van der Waals surface area contributed by atoms with Gasteiger partial charge in [-0.3, -0.25) is 0 Å². The van der Waals surface area contributed by atoms with Crippen molar-refractivity contribution in [3.8, 4) is 5.75 Å². The number of hydrogen-bond acceptors (Lipinski definition) is 4. The normalized spacial score (nSPS) is 9.68. The largest absolute Gasteiger partial charge is 0.426 e. The molecule has 0 aliphatic rings. The van der Waals surface area contributed by atoms with Crippen LogP contribution in [0.3, 0.4) is 0 Å². The molecule has 0 saturated carbocycles. The van der Waals surface area contributed by atoms with Crippen molar-refractivity contribution in [1.29, 1.82) is 0 Å². The fraction of sp³-hybridized carbons (Fsp3) is 0.133. The summed E-state index contributed by atoms with van der Waals surface area (Å²) in [6, 6.07) is 17.3. The number of isocyanates is 1. The Morgan fingerprint density at radius 1 is 1.05 bits per heavy atom. The van der Waals surface area contributed by atoms with E-state index in [1.807, 2.05) is 18.2 Å². The van der Waals surface area contributed by atoms with Crippen LogP contribution in [-0.2, 0) is 11.2 Å². The molecule has 0 bridgehead atoms. The quantitative estimate of drug-likeness (QED) is 0.346. The van der Waals surface area contributed by atoms with Crippen molar-refractivity contribution in [3.05, 3.63) is 60.2 Å². The van der Waals surface area contributed by atoms with Gasteiger partial charge in [0.05, 0.1) is 17.7 Å². The van der Waals surface area contributed by atoms with E-state index >= 15 is 0 Å². The molecular formula is C15H13NO2S. The Balaban J connectivity index is 1.75. The molecule has 2 aromatic carbocycles. The van der Waals surface area contributed by atoms with E-state index < -0.39 is 0 Å². The summed E-state index contributed by atoms with van der Waals surface area (Å²) in [7, 11) is 0. The van der Waals surface area contributed by atoms with Gasteiger partial charge in [-0.05, 0) is 36.2 Å². The highest BCUT2D eigenvalue weighted by molar-refractivity contribution is 7.95. The molecule has 4 heteroatoms. The predicted molar refractivity (Wildman–Crippen MR) is 77.5 cm³/mol. The summed E-state index contributed by atoms with van der Waals surface area (Å²) in [5, 5.41) is 0. The Kier molecular flexibility index (Phi) is 5.23. The molecular weight excluding hydrogens is 258 g/mol. The van der Waals surface area contributed by atoms with Gasteiger partial charge in [0, 0.05) is 5.75 Å². The van der Waals surface area contributed by atoms with Gasteiger partial charge in [-0.25, -0.2) is 4.79 Å². The second kappa shape index (κ2) is 7.41. The lowest BCUT2D eigenvalue weighted by Gasteiger charge is -2.04. The third-order valence-electron chi connectivity index (χ3n) is 2.48. The van der Waals surface area contributed by atoms with E-state index in [4.69, 9.17) is 4.18 Å². The first-order chi connectivity index (χ1) is 9.38. The Morgan fingerprint density at radius 3 is 2.47 bits per heavy atom. The van der Waals surface area contributed by atoms with Gasteiger partial charge in [0.15, 0.2) is 0 Å². The van der Waals surface area contributed by atoms with Gasteiger partial charge in [0.1, 0.15) is 5.75 Å². The smallest absolute Gasteiger partial charge is 0.240 e. The number of hydrogen-bond donors (Lipinski definition) is 0. The summed E-state index contributed by atoms with van der Waals surface area (Å²) in [5.41, 5.74) is 1.88. The average molecular weight is 271 g/mol. The van der Waals surface area contributed by atoms with Crippen molar-refractivity contribution >= 4 is 23.8 Å². The van der Waals surface area contributed by atoms with Crippen molar-refractivity contribution in [2.24, 2.45) is 4.99 Å². The monoisotopic (exact) mass is 271 g/mol. The van der Waals surface area contributed by atoms with Gasteiger partial charge in [-0.1, -0.05) is 30.3 Å². The van der Waals surface area contributed by atoms with Gasteiger partial charge in [-0.2, -0.15) is 4.99 Å². The number of carbonyl (C=O) groups excluding carboxylic acids is 1. The molecule has 96 valence electrons. The number of benzene rings is 2. The minimum absolute atomic E-state index is 0.580. The van der Waals surface area contributed by atoms with Gasteiger partial charge in [-0.15, -0.1) is 0 Å². The second-order valence-electron chi connectivity index (χ2n) is 3.84. The maximum atomic E-state index is 10.1. The van der Waals surface area contributed by atoms with Gasteiger partial charge in [0.2, 0.25) is 6.08 Å². The molecule has 3 nitrogen and oxygen atoms in total. The van der Waals surface area contributed by atoms with Crippen LogP contribution in [0.1, 0.15) is 5.56 Å². The number of aryl methyl sites for hydroxylation is 1. The summed E-state index contributed by atoms with van der Waals surface area (Å²) < 4.78 is 5.54. The van der Waals surface area contributed by atoms with Crippen LogP contribution in [0.15, 0.2) is 59.6 Å². The SMILES string of the molecule is O=C=Nc1ccc(OSCCc2ccccc2)cc1. The first kappa shape index (κ1) is 13.4. The van der Waals surface area contributed by atoms with E-state index in [1.165, 1.54) is 23.7 Å². The van der Waals surface area contributed by atoms with Crippen LogP contribution in [-0.4, -0.2) is 11.8 Å². The van der Waals surface area contributed by atoms with E-state index in [-0.39, 0.29) is 0 Å². The number of aliphatic imine (C=N–C) groups is 1. The molecule has 2 rings (SSSR count). The van der Waals surface area contributed by atoms with E-state index in [1.54, 1.807) is 24.3 Å². The van der Waals surface area contributed by atoms with E-state index in [2.05, 4.69) is 17.1 Å². The Bertz CT molecular complexity index is 548. The zero-order valence-electron chi connectivity index (χ0n) is 10.3. The number of nitrogens with zero attached hydrogens (tertiary/aromatic N) is 1. The van der Waals surface area contributed by atoms with E-state index in [0.717, 1.165) is 17.9 Å². The highest BCUT2D eigenvalue weighted by atomic mass is 32.2. The minimum atomic E-state index is 0.580. The molecule has 19 heavy (non-hydrogen) atoms. The summed E-state index contributed by atoms with van der Waals surface area (Å²) in [6.45, 7) is 0. The standard InChI is InChI=1S/C15H13NO2S/c17-12-16-14-6-8-15(9-7-14)18-19-11-10-13-4-2-1-3-5-13/h1-9H,10-11H2. The van der Waals surface area contributed by atoms with Crippen molar-refractivity contribution in [3.63, 3.8) is 0 Å². The maximum Gasteiger partial charge on any atom is 0.240 e. The zero-order valence-corrected chi connectivity index (χ0v) is 11.1. The zero-order chi connectivity index (χ0) is 13.3. The van der Waals surface area contributed by atoms with Crippen LogP contribution in [0.5, 0.6) is 5.75 Å². The molecule has 0 aliphatic heterocycles. The summed E-state index contributed by atoms with van der Waals surface area (Å²) in [4.78, 5) is 13.6. The molecule has 0 N–H and O–H groups in total. The van der Waals surface area contributed by atoms with Gasteiger partial charge in [0.25, 0.3) is 0 Å². The Hall–Kier alpha value is -2.03. The highest BCUT2D eigenvalue weighted by Gasteiger charge is 1.97. The van der Waals surface area contributed by atoms with Crippen LogP contribution in [0.2, 0.25) is 0 Å². The Morgan fingerprint density at radius 2 is 1.79 bits per heavy atom. The van der Waals surface area contributed by atoms with Crippen molar-refractivity contribution < 1.29 is 8.98 Å². The lowest BCUT2D eigenvalue weighted by atomic mass is 10.2. The van der Waals surface area contributed by atoms with Crippen molar-refractivity contribution in [1.82, 2.24) is 0 Å². The molecule has 2 aromatic rings. The molecule has 0 saturated heterocycles. The molecule has 0 atom stereocenters. The Labute approximate surface area is 116 Å². The molecule has 0 amide bonds. The van der Waals surface area contributed by atoms with Crippen LogP contribution in [0, 0.1) is 0 Å². The van der Waals surface area contributed by atoms with Gasteiger partial charge < -0.3 is 4.18 Å². The summed E-state index contributed by atoms with van der Waals surface area (Å²) >= 11 is 1.41. The first-order valence-electron chi connectivity index (χ1n) is 5.90. The molecule has 0 radical (unpaired) electrons. The topological polar surface area (TPSA) is 38.7 Å².